The molecule has 0 N–H and O–H groups in total. The van der Waals surface area contributed by atoms with Crippen molar-refractivity contribution in [1.82, 2.24) is 4.98 Å². The number of hydrogen-bond acceptors (Lipinski definition) is 2. The number of nitrogens with zero attached hydrogens (tertiary/aromatic N) is 1. The highest BCUT2D eigenvalue weighted by Crippen LogP contribution is 1.97. The second kappa shape index (κ2) is 4.85. The molecule has 0 aliphatic carbocycles. The molecule has 0 radical (unpaired) electrons. The van der Waals surface area contributed by atoms with Crippen molar-refractivity contribution >= 4 is 0 Å². The van der Waals surface area contributed by atoms with Crippen LogP contribution in [0.1, 0.15) is 18.9 Å². The van der Waals surface area contributed by atoms with Gasteiger partial charge in [0, 0.05) is 19.0 Å². The van der Waals surface area contributed by atoms with E-state index in [2.05, 4.69) is 11.9 Å². The SMILES string of the molecule is CCCOCc1cccnc1. The summed E-state index contributed by atoms with van der Waals surface area (Å²) in [5.41, 5.74) is 1.14. The van der Waals surface area contributed by atoms with Gasteiger partial charge >= 0.3 is 0 Å². The highest BCUT2D eigenvalue weighted by Gasteiger charge is 1.89. The van der Waals surface area contributed by atoms with Crippen LogP contribution in [0.2, 0.25) is 0 Å². The fraction of sp³-hybridized carbons (Fsp3) is 0.444. The standard InChI is InChI=1S/C9H13NO/c1-2-6-11-8-9-4-3-5-10-7-9/h3-5,7H,2,6,8H2,1H3. The van der Waals surface area contributed by atoms with Gasteiger partial charge in [0.25, 0.3) is 0 Å². The maximum absolute atomic E-state index is 5.33. The second-order valence-corrected chi connectivity index (χ2v) is 2.41. The van der Waals surface area contributed by atoms with E-state index in [9.17, 15) is 0 Å². The van der Waals surface area contributed by atoms with Crippen LogP contribution in [0.3, 0.4) is 0 Å². The van der Waals surface area contributed by atoms with Crippen LogP contribution in [-0.4, -0.2) is 11.6 Å². The van der Waals surface area contributed by atoms with Gasteiger partial charge in [-0.3, -0.25) is 4.98 Å². The number of pyridine rings is 1. The minimum atomic E-state index is 0.682. The van der Waals surface area contributed by atoms with Crippen LogP contribution in [0.25, 0.3) is 0 Å². The molecule has 60 valence electrons. The van der Waals surface area contributed by atoms with E-state index in [1.165, 1.54) is 0 Å². The zero-order valence-corrected chi connectivity index (χ0v) is 6.79. The fourth-order valence-corrected chi connectivity index (χ4v) is 0.818. The van der Waals surface area contributed by atoms with Gasteiger partial charge in [0.2, 0.25) is 0 Å². The van der Waals surface area contributed by atoms with Crippen LogP contribution in [0.4, 0.5) is 0 Å². The average Bonchev–Trinajstić information content (AvgIpc) is 2.07. The lowest BCUT2D eigenvalue weighted by Gasteiger charge is -2.00. The van der Waals surface area contributed by atoms with Crippen LogP contribution in [0.15, 0.2) is 24.5 Å². The summed E-state index contributed by atoms with van der Waals surface area (Å²) in [4.78, 5) is 3.98. The molecule has 0 aromatic carbocycles. The maximum Gasteiger partial charge on any atom is 0.0731 e. The van der Waals surface area contributed by atoms with Gasteiger partial charge in [-0.2, -0.15) is 0 Å². The van der Waals surface area contributed by atoms with Crippen LogP contribution in [-0.2, 0) is 11.3 Å². The quantitative estimate of drug-likeness (QED) is 0.614. The minimum Gasteiger partial charge on any atom is -0.377 e. The molecule has 11 heavy (non-hydrogen) atoms. The Bertz CT molecular complexity index is 186. The van der Waals surface area contributed by atoms with Gasteiger partial charge in [0.05, 0.1) is 6.61 Å². The smallest absolute Gasteiger partial charge is 0.0731 e. The van der Waals surface area contributed by atoms with Crippen molar-refractivity contribution in [3.63, 3.8) is 0 Å². The molecule has 0 atom stereocenters. The Balaban J connectivity index is 2.28. The van der Waals surface area contributed by atoms with Gasteiger partial charge < -0.3 is 4.74 Å². The molecule has 2 nitrogen and oxygen atoms in total. The highest BCUT2D eigenvalue weighted by atomic mass is 16.5. The average molecular weight is 151 g/mol. The van der Waals surface area contributed by atoms with E-state index in [1.807, 2.05) is 18.3 Å². The molecule has 1 aromatic heterocycles. The number of rotatable bonds is 4. The van der Waals surface area contributed by atoms with Crippen molar-refractivity contribution in [2.75, 3.05) is 6.61 Å². The van der Waals surface area contributed by atoms with Gasteiger partial charge in [-0.25, -0.2) is 0 Å². The predicted molar refractivity (Wildman–Crippen MR) is 44.2 cm³/mol. The third-order valence-corrected chi connectivity index (χ3v) is 1.34. The van der Waals surface area contributed by atoms with Crippen molar-refractivity contribution < 1.29 is 4.74 Å². The molecule has 0 saturated carbocycles. The molecule has 0 saturated heterocycles. The lowest BCUT2D eigenvalue weighted by atomic mass is 10.3. The molecule has 0 unspecified atom stereocenters. The van der Waals surface area contributed by atoms with E-state index >= 15 is 0 Å². The molecular weight excluding hydrogens is 138 g/mol. The Hall–Kier alpha value is -0.890. The molecule has 0 spiro atoms. The van der Waals surface area contributed by atoms with E-state index in [0.29, 0.717) is 6.61 Å². The summed E-state index contributed by atoms with van der Waals surface area (Å²) in [6.45, 7) is 3.61. The summed E-state index contributed by atoms with van der Waals surface area (Å²) < 4.78 is 5.33. The van der Waals surface area contributed by atoms with Crippen molar-refractivity contribution in [1.29, 1.82) is 0 Å². The van der Waals surface area contributed by atoms with Crippen LogP contribution in [0, 0.1) is 0 Å². The molecule has 0 aliphatic heterocycles. The van der Waals surface area contributed by atoms with Crippen LogP contribution in [0.5, 0.6) is 0 Å². The molecule has 0 aliphatic rings. The van der Waals surface area contributed by atoms with E-state index in [4.69, 9.17) is 4.74 Å². The van der Waals surface area contributed by atoms with Crippen LogP contribution >= 0.6 is 0 Å². The first-order valence-electron chi connectivity index (χ1n) is 3.90. The molecule has 1 aromatic rings. The van der Waals surface area contributed by atoms with Gasteiger partial charge in [0.1, 0.15) is 0 Å². The van der Waals surface area contributed by atoms with Crippen molar-refractivity contribution in [2.45, 2.75) is 20.0 Å². The summed E-state index contributed by atoms with van der Waals surface area (Å²) in [6.07, 6.45) is 4.67. The third kappa shape index (κ3) is 3.14. The Labute approximate surface area is 67.2 Å². The predicted octanol–water partition coefficient (Wildman–Crippen LogP) is 2.01. The summed E-state index contributed by atoms with van der Waals surface area (Å²) in [5, 5.41) is 0. The Morgan fingerprint density at radius 2 is 2.45 bits per heavy atom. The number of hydrogen-bond donors (Lipinski definition) is 0. The van der Waals surface area contributed by atoms with Crippen molar-refractivity contribution in [3.05, 3.63) is 30.1 Å². The Kier molecular flexibility index (Phi) is 3.62. The minimum absolute atomic E-state index is 0.682. The molecule has 1 heterocycles. The maximum atomic E-state index is 5.33. The van der Waals surface area contributed by atoms with Gasteiger partial charge in [-0.1, -0.05) is 13.0 Å². The third-order valence-electron chi connectivity index (χ3n) is 1.34. The summed E-state index contributed by atoms with van der Waals surface area (Å²) in [6, 6.07) is 3.94. The first kappa shape index (κ1) is 8.21. The van der Waals surface area contributed by atoms with E-state index in [0.717, 1.165) is 18.6 Å². The Morgan fingerprint density at radius 1 is 1.55 bits per heavy atom. The molecular formula is C9H13NO. The van der Waals surface area contributed by atoms with Gasteiger partial charge in [0.15, 0.2) is 0 Å². The molecule has 1 rings (SSSR count). The number of ether oxygens (including phenoxy) is 1. The highest BCUT2D eigenvalue weighted by molar-refractivity contribution is 5.06. The lowest BCUT2D eigenvalue weighted by molar-refractivity contribution is 0.121. The molecule has 2 heteroatoms. The summed E-state index contributed by atoms with van der Waals surface area (Å²) in [7, 11) is 0. The number of aromatic nitrogens is 1. The second-order valence-electron chi connectivity index (χ2n) is 2.41. The normalized spacial score (nSPS) is 9.91. The van der Waals surface area contributed by atoms with Gasteiger partial charge in [-0.05, 0) is 18.1 Å². The monoisotopic (exact) mass is 151 g/mol. The molecule has 0 amide bonds. The zero-order valence-electron chi connectivity index (χ0n) is 6.79. The summed E-state index contributed by atoms with van der Waals surface area (Å²) >= 11 is 0. The molecule has 0 bridgehead atoms. The largest absolute Gasteiger partial charge is 0.377 e. The zero-order chi connectivity index (χ0) is 7.94. The van der Waals surface area contributed by atoms with Gasteiger partial charge in [-0.15, -0.1) is 0 Å². The van der Waals surface area contributed by atoms with Crippen molar-refractivity contribution in [2.24, 2.45) is 0 Å². The van der Waals surface area contributed by atoms with E-state index in [1.54, 1.807) is 6.20 Å². The van der Waals surface area contributed by atoms with Crippen molar-refractivity contribution in [3.8, 4) is 0 Å². The lowest BCUT2D eigenvalue weighted by Crippen LogP contribution is -1.93. The Morgan fingerprint density at radius 3 is 3.09 bits per heavy atom. The molecule has 0 fully saturated rings. The first-order chi connectivity index (χ1) is 5.43. The fourth-order valence-electron chi connectivity index (χ4n) is 0.818. The van der Waals surface area contributed by atoms with E-state index < -0.39 is 0 Å². The summed E-state index contributed by atoms with van der Waals surface area (Å²) in [5.74, 6) is 0. The van der Waals surface area contributed by atoms with E-state index in [-0.39, 0.29) is 0 Å². The first-order valence-corrected chi connectivity index (χ1v) is 3.90. The topological polar surface area (TPSA) is 22.1 Å². The van der Waals surface area contributed by atoms with Crippen LogP contribution < -0.4 is 0 Å².